The highest BCUT2D eigenvalue weighted by molar-refractivity contribution is 6.05. The van der Waals surface area contributed by atoms with Crippen LogP contribution in [0.5, 0.6) is 40.2 Å². The SMILES string of the molecule is COc1cc(C2Oc3cc(C4Oc5cc(O)cc(O)c5C(=O)[C@@H]4O)ccc3O[C@H]2CO)ccc1O. The van der Waals surface area contributed by atoms with E-state index in [1.54, 1.807) is 30.3 Å². The van der Waals surface area contributed by atoms with E-state index in [0.29, 0.717) is 16.9 Å². The van der Waals surface area contributed by atoms with Crippen LogP contribution in [0.15, 0.2) is 48.5 Å². The van der Waals surface area contributed by atoms with Crippen LogP contribution in [0.1, 0.15) is 33.7 Å². The molecule has 10 heteroatoms. The molecule has 10 nitrogen and oxygen atoms in total. The molecule has 35 heavy (non-hydrogen) atoms. The van der Waals surface area contributed by atoms with Crippen LogP contribution >= 0.6 is 0 Å². The van der Waals surface area contributed by atoms with Crippen molar-refractivity contribution < 1.29 is 49.3 Å². The second-order valence-electron chi connectivity index (χ2n) is 8.20. The first-order valence-electron chi connectivity index (χ1n) is 10.7. The summed E-state index contributed by atoms with van der Waals surface area (Å²) in [5.41, 5.74) is 0.751. The first-order valence-corrected chi connectivity index (χ1v) is 10.7. The van der Waals surface area contributed by atoms with Gasteiger partial charge in [0, 0.05) is 17.7 Å². The molecule has 2 aliphatic heterocycles. The van der Waals surface area contributed by atoms with Crippen molar-refractivity contribution in [1.82, 2.24) is 0 Å². The number of ether oxygens (including phenoxy) is 4. The average molecular weight is 482 g/mol. The fourth-order valence-electron chi connectivity index (χ4n) is 4.28. The zero-order valence-electron chi connectivity index (χ0n) is 18.4. The van der Waals surface area contributed by atoms with Gasteiger partial charge in [-0.15, -0.1) is 0 Å². The van der Waals surface area contributed by atoms with Gasteiger partial charge >= 0.3 is 0 Å². The Hall–Kier alpha value is -4.15. The van der Waals surface area contributed by atoms with Crippen molar-refractivity contribution in [3.05, 3.63) is 65.2 Å². The molecule has 5 rings (SSSR count). The van der Waals surface area contributed by atoms with Gasteiger partial charge in [0.15, 0.2) is 47.4 Å². The number of phenolic OH excluding ortho intramolecular Hbond substituents is 3. The molecule has 0 aromatic heterocycles. The second-order valence-corrected chi connectivity index (χ2v) is 8.20. The van der Waals surface area contributed by atoms with Gasteiger partial charge in [0.25, 0.3) is 0 Å². The van der Waals surface area contributed by atoms with Crippen molar-refractivity contribution in [1.29, 1.82) is 0 Å². The van der Waals surface area contributed by atoms with E-state index in [1.165, 1.54) is 19.2 Å². The topological polar surface area (TPSA) is 155 Å². The lowest BCUT2D eigenvalue weighted by Gasteiger charge is -2.35. The molecule has 0 amide bonds. The van der Waals surface area contributed by atoms with E-state index in [4.69, 9.17) is 18.9 Å². The molecule has 0 radical (unpaired) electrons. The number of aliphatic hydroxyl groups excluding tert-OH is 2. The molecule has 0 spiro atoms. The van der Waals surface area contributed by atoms with E-state index in [9.17, 15) is 30.3 Å². The van der Waals surface area contributed by atoms with Crippen LogP contribution in [0.4, 0.5) is 0 Å². The molecule has 182 valence electrons. The predicted octanol–water partition coefficient (Wildman–Crippen LogP) is 2.36. The van der Waals surface area contributed by atoms with E-state index < -0.39 is 35.9 Å². The number of Topliss-reactive ketones (excluding diaryl/α,β-unsaturated/α-hetero) is 1. The van der Waals surface area contributed by atoms with Crippen molar-refractivity contribution in [3.63, 3.8) is 0 Å². The van der Waals surface area contributed by atoms with E-state index >= 15 is 0 Å². The number of phenols is 3. The van der Waals surface area contributed by atoms with Crippen LogP contribution in [0, 0.1) is 0 Å². The highest BCUT2D eigenvalue weighted by Crippen LogP contribution is 2.45. The molecule has 2 heterocycles. The highest BCUT2D eigenvalue weighted by Gasteiger charge is 2.40. The first-order chi connectivity index (χ1) is 16.8. The van der Waals surface area contributed by atoms with Gasteiger partial charge in [-0.05, 0) is 29.8 Å². The maximum Gasteiger partial charge on any atom is 0.202 e. The van der Waals surface area contributed by atoms with Gasteiger partial charge in [0.05, 0.1) is 13.7 Å². The van der Waals surface area contributed by atoms with Crippen molar-refractivity contribution in [2.24, 2.45) is 0 Å². The maximum absolute atomic E-state index is 12.7. The van der Waals surface area contributed by atoms with E-state index in [0.717, 1.165) is 6.07 Å². The monoisotopic (exact) mass is 482 g/mol. The number of carbonyl (C=O) groups is 1. The van der Waals surface area contributed by atoms with Crippen LogP contribution < -0.4 is 18.9 Å². The van der Waals surface area contributed by atoms with Crippen molar-refractivity contribution in [2.45, 2.75) is 24.4 Å². The summed E-state index contributed by atoms with van der Waals surface area (Å²) in [6.07, 6.45) is -4.28. The summed E-state index contributed by atoms with van der Waals surface area (Å²) in [7, 11) is 1.41. The van der Waals surface area contributed by atoms with Crippen LogP contribution in [-0.4, -0.2) is 57.2 Å². The maximum atomic E-state index is 12.7. The number of carbonyl (C=O) groups excluding carboxylic acids is 1. The number of fused-ring (bicyclic) bond motifs is 2. The molecule has 0 aliphatic carbocycles. The summed E-state index contributed by atoms with van der Waals surface area (Å²) in [4.78, 5) is 12.7. The van der Waals surface area contributed by atoms with Gasteiger partial charge in [-0.3, -0.25) is 4.79 Å². The number of ketones is 1. The number of benzene rings is 3. The molecule has 0 saturated carbocycles. The number of hydrogen-bond acceptors (Lipinski definition) is 10. The van der Waals surface area contributed by atoms with Gasteiger partial charge in [-0.2, -0.15) is 0 Å². The van der Waals surface area contributed by atoms with Crippen LogP contribution in [-0.2, 0) is 0 Å². The van der Waals surface area contributed by atoms with E-state index in [2.05, 4.69) is 0 Å². The molecule has 0 fully saturated rings. The third-order valence-corrected chi connectivity index (χ3v) is 6.00. The Morgan fingerprint density at radius 1 is 0.829 bits per heavy atom. The largest absolute Gasteiger partial charge is 0.508 e. The molecule has 5 N–H and O–H groups in total. The third-order valence-electron chi connectivity index (χ3n) is 6.00. The summed E-state index contributed by atoms with van der Waals surface area (Å²) in [5.74, 6) is -0.823. The summed E-state index contributed by atoms with van der Waals surface area (Å²) in [5, 5.41) is 50.2. The molecular formula is C25H22O10. The summed E-state index contributed by atoms with van der Waals surface area (Å²) in [6.45, 7) is -0.349. The molecule has 0 bridgehead atoms. The van der Waals surface area contributed by atoms with E-state index in [-0.39, 0.29) is 40.9 Å². The predicted molar refractivity (Wildman–Crippen MR) is 119 cm³/mol. The Morgan fingerprint density at radius 2 is 1.54 bits per heavy atom. The average Bonchev–Trinajstić information content (AvgIpc) is 2.85. The Bertz CT molecular complexity index is 1300. The zero-order chi connectivity index (χ0) is 24.9. The fraction of sp³-hybridized carbons (Fsp3) is 0.240. The lowest BCUT2D eigenvalue weighted by molar-refractivity contribution is -0.0130. The van der Waals surface area contributed by atoms with Crippen molar-refractivity contribution in [3.8, 4) is 40.2 Å². The highest BCUT2D eigenvalue weighted by atomic mass is 16.6. The van der Waals surface area contributed by atoms with Gasteiger partial charge in [0.1, 0.15) is 22.8 Å². The Morgan fingerprint density at radius 3 is 2.29 bits per heavy atom. The fourth-order valence-corrected chi connectivity index (χ4v) is 4.28. The van der Waals surface area contributed by atoms with Crippen molar-refractivity contribution >= 4 is 5.78 Å². The Balaban J connectivity index is 1.49. The van der Waals surface area contributed by atoms with Crippen LogP contribution in [0.3, 0.4) is 0 Å². The normalized spacial score (nSPS) is 22.8. The van der Waals surface area contributed by atoms with Gasteiger partial charge in [0.2, 0.25) is 5.78 Å². The number of hydrogen-bond donors (Lipinski definition) is 5. The zero-order valence-corrected chi connectivity index (χ0v) is 18.4. The first kappa shape index (κ1) is 22.6. The smallest absolute Gasteiger partial charge is 0.202 e. The minimum absolute atomic E-state index is 0.0540. The Labute approximate surface area is 199 Å². The minimum Gasteiger partial charge on any atom is -0.508 e. The number of aromatic hydroxyl groups is 3. The van der Waals surface area contributed by atoms with E-state index in [1.807, 2.05) is 0 Å². The minimum atomic E-state index is -1.62. The number of rotatable bonds is 4. The standard InChI is InChI=1S/C25H22O10/c1-32-17-6-11(2-4-14(17)28)24-20(10-26)33-16-5-3-12(7-18(16)34-24)25-23(31)22(30)21-15(29)8-13(27)9-19(21)35-25/h2-9,20,23-29,31H,10H2,1H3/t20-,23-,24?,25?/m0/s1. The molecule has 0 saturated heterocycles. The van der Waals surface area contributed by atoms with Crippen LogP contribution in [0.2, 0.25) is 0 Å². The van der Waals surface area contributed by atoms with Gasteiger partial charge < -0.3 is 44.5 Å². The Kier molecular flexibility index (Phi) is 5.54. The quantitative estimate of drug-likeness (QED) is 0.374. The second kappa shape index (κ2) is 8.57. The molecule has 3 aromatic rings. The lowest BCUT2D eigenvalue weighted by atomic mass is 9.92. The summed E-state index contributed by atoms with van der Waals surface area (Å²) < 4.78 is 23.0. The lowest BCUT2D eigenvalue weighted by Crippen LogP contribution is -2.37. The molecule has 3 aromatic carbocycles. The molecule has 4 atom stereocenters. The molecule has 2 aliphatic rings. The van der Waals surface area contributed by atoms with Gasteiger partial charge in [-0.25, -0.2) is 0 Å². The summed E-state index contributed by atoms with van der Waals surface area (Å²) >= 11 is 0. The van der Waals surface area contributed by atoms with Crippen molar-refractivity contribution in [2.75, 3.05) is 13.7 Å². The summed E-state index contributed by atoms with van der Waals surface area (Å²) in [6, 6.07) is 11.5. The van der Waals surface area contributed by atoms with Crippen LogP contribution in [0.25, 0.3) is 0 Å². The molecular weight excluding hydrogens is 460 g/mol. The van der Waals surface area contributed by atoms with Gasteiger partial charge in [-0.1, -0.05) is 12.1 Å². The molecule has 2 unspecified atom stereocenters. The third kappa shape index (κ3) is 3.82. The number of aliphatic hydroxyl groups is 2. The number of methoxy groups -OCH3 is 1.